The standard InChI is InChI=1S/C20H20O2/c1-13(19-12-14-9-10-16(19)11-14)22-20(21)18-8-4-6-15-5-2-3-7-17(15)18/h2-10,13-14,16,19H,11-12H2,1H3. The van der Waals surface area contributed by atoms with E-state index in [0.29, 0.717) is 23.3 Å². The van der Waals surface area contributed by atoms with Gasteiger partial charge in [0.15, 0.2) is 0 Å². The molecule has 2 nitrogen and oxygen atoms in total. The summed E-state index contributed by atoms with van der Waals surface area (Å²) < 4.78 is 5.81. The summed E-state index contributed by atoms with van der Waals surface area (Å²) >= 11 is 0. The minimum atomic E-state index is -0.198. The normalized spacial score (nSPS) is 27.2. The summed E-state index contributed by atoms with van der Waals surface area (Å²) in [6.45, 7) is 2.04. The van der Waals surface area contributed by atoms with Crippen molar-refractivity contribution in [3.8, 4) is 0 Å². The maximum absolute atomic E-state index is 12.6. The third-order valence-corrected chi connectivity index (χ3v) is 5.24. The van der Waals surface area contributed by atoms with Crippen LogP contribution < -0.4 is 0 Å². The second kappa shape index (κ2) is 5.28. The molecule has 1 saturated carbocycles. The van der Waals surface area contributed by atoms with E-state index >= 15 is 0 Å². The van der Waals surface area contributed by atoms with Gasteiger partial charge in [0.1, 0.15) is 6.10 Å². The number of allylic oxidation sites excluding steroid dienone is 2. The number of esters is 1. The molecule has 0 aliphatic heterocycles. The highest BCUT2D eigenvalue weighted by atomic mass is 16.5. The lowest BCUT2D eigenvalue weighted by Gasteiger charge is -2.25. The summed E-state index contributed by atoms with van der Waals surface area (Å²) in [5.41, 5.74) is 0.670. The van der Waals surface area contributed by atoms with Gasteiger partial charge in [-0.3, -0.25) is 0 Å². The first-order valence-electron chi connectivity index (χ1n) is 8.09. The van der Waals surface area contributed by atoms with Gasteiger partial charge in [0, 0.05) is 5.92 Å². The first-order chi connectivity index (χ1) is 10.7. The van der Waals surface area contributed by atoms with Crippen molar-refractivity contribution in [1.29, 1.82) is 0 Å². The van der Waals surface area contributed by atoms with Crippen molar-refractivity contribution < 1.29 is 9.53 Å². The predicted molar refractivity (Wildman–Crippen MR) is 87.7 cm³/mol. The Morgan fingerprint density at radius 3 is 2.68 bits per heavy atom. The summed E-state index contributed by atoms with van der Waals surface area (Å²) in [4.78, 5) is 12.6. The van der Waals surface area contributed by atoms with E-state index in [-0.39, 0.29) is 12.1 Å². The Balaban J connectivity index is 1.55. The van der Waals surface area contributed by atoms with E-state index in [4.69, 9.17) is 4.74 Å². The van der Waals surface area contributed by atoms with Crippen molar-refractivity contribution in [3.05, 3.63) is 60.2 Å². The summed E-state index contributed by atoms with van der Waals surface area (Å²) in [7, 11) is 0. The quantitative estimate of drug-likeness (QED) is 0.610. The van der Waals surface area contributed by atoms with Gasteiger partial charge in [0.05, 0.1) is 5.56 Å². The van der Waals surface area contributed by atoms with Crippen LogP contribution >= 0.6 is 0 Å². The first kappa shape index (κ1) is 13.6. The Bertz CT molecular complexity index is 741. The maximum atomic E-state index is 12.6. The van der Waals surface area contributed by atoms with Gasteiger partial charge in [-0.15, -0.1) is 0 Å². The highest BCUT2D eigenvalue weighted by Crippen LogP contribution is 2.45. The molecule has 0 aromatic heterocycles. The summed E-state index contributed by atoms with van der Waals surface area (Å²) in [6.07, 6.45) is 7.00. The highest BCUT2D eigenvalue weighted by molar-refractivity contribution is 6.04. The molecule has 0 heterocycles. The van der Waals surface area contributed by atoms with Gasteiger partial charge in [-0.05, 0) is 48.4 Å². The summed E-state index contributed by atoms with van der Waals surface area (Å²) in [5, 5.41) is 2.04. The molecule has 0 spiro atoms. The van der Waals surface area contributed by atoms with Gasteiger partial charge in [0.25, 0.3) is 0 Å². The molecule has 0 radical (unpaired) electrons. The fourth-order valence-corrected chi connectivity index (χ4v) is 4.09. The van der Waals surface area contributed by atoms with Crippen molar-refractivity contribution in [2.75, 3.05) is 0 Å². The van der Waals surface area contributed by atoms with Crippen molar-refractivity contribution in [1.82, 2.24) is 0 Å². The lowest BCUT2D eigenvalue weighted by molar-refractivity contribution is 0.0162. The number of benzene rings is 2. The van der Waals surface area contributed by atoms with E-state index < -0.39 is 0 Å². The lowest BCUT2D eigenvalue weighted by atomic mass is 9.89. The molecule has 4 unspecified atom stereocenters. The summed E-state index contributed by atoms with van der Waals surface area (Å²) in [5.74, 6) is 1.58. The number of hydrogen-bond donors (Lipinski definition) is 0. The van der Waals surface area contributed by atoms with Gasteiger partial charge < -0.3 is 4.74 Å². The maximum Gasteiger partial charge on any atom is 0.339 e. The van der Waals surface area contributed by atoms with Crippen LogP contribution in [-0.4, -0.2) is 12.1 Å². The first-order valence-corrected chi connectivity index (χ1v) is 8.09. The smallest absolute Gasteiger partial charge is 0.339 e. The van der Waals surface area contributed by atoms with Crippen LogP contribution in [0.1, 0.15) is 30.1 Å². The number of carbonyl (C=O) groups excluding carboxylic acids is 1. The average molecular weight is 292 g/mol. The van der Waals surface area contributed by atoms with Crippen LogP contribution in [0.4, 0.5) is 0 Å². The Morgan fingerprint density at radius 1 is 1.09 bits per heavy atom. The van der Waals surface area contributed by atoms with Crippen molar-refractivity contribution in [3.63, 3.8) is 0 Å². The molecule has 4 rings (SSSR count). The molecule has 22 heavy (non-hydrogen) atoms. The minimum absolute atomic E-state index is 0.0218. The van der Waals surface area contributed by atoms with E-state index in [0.717, 1.165) is 17.2 Å². The van der Waals surface area contributed by atoms with Crippen LogP contribution in [0.25, 0.3) is 10.8 Å². The Hall–Kier alpha value is -2.09. The number of hydrogen-bond acceptors (Lipinski definition) is 2. The predicted octanol–water partition coefficient (Wildman–Crippen LogP) is 4.60. The van der Waals surface area contributed by atoms with Crippen LogP contribution in [0.2, 0.25) is 0 Å². The molecule has 2 heteroatoms. The molecule has 2 aliphatic carbocycles. The van der Waals surface area contributed by atoms with Crippen LogP contribution in [0.3, 0.4) is 0 Å². The molecule has 2 aromatic carbocycles. The fraction of sp³-hybridized carbons (Fsp3) is 0.350. The molecule has 112 valence electrons. The van der Waals surface area contributed by atoms with Crippen LogP contribution in [0.15, 0.2) is 54.6 Å². The van der Waals surface area contributed by atoms with E-state index in [1.807, 2.05) is 49.4 Å². The van der Waals surface area contributed by atoms with Crippen molar-refractivity contribution in [2.45, 2.75) is 25.9 Å². The molecule has 4 atom stereocenters. The molecule has 1 fully saturated rings. The zero-order valence-electron chi connectivity index (χ0n) is 12.7. The zero-order valence-corrected chi connectivity index (χ0v) is 12.7. The molecular weight excluding hydrogens is 272 g/mol. The van der Waals surface area contributed by atoms with Crippen LogP contribution in [0.5, 0.6) is 0 Å². The van der Waals surface area contributed by atoms with Crippen LogP contribution in [0, 0.1) is 17.8 Å². The van der Waals surface area contributed by atoms with Gasteiger partial charge in [-0.25, -0.2) is 4.79 Å². The van der Waals surface area contributed by atoms with E-state index in [9.17, 15) is 4.79 Å². The molecule has 0 amide bonds. The largest absolute Gasteiger partial charge is 0.459 e. The van der Waals surface area contributed by atoms with Gasteiger partial charge in [-0.2, -0.15) is 0 Å². The molecule has 2 aromatic rings. The number of rotatable bonds is 3. The second-order valence-corrected chi connectivity index (χ2v) is 6.58. The van der Waals surface area contributed by atoms with Gasteiger partial charge in [0.2, 0.25) is 0 Å². The van der Waals surface area contributed by atoms with Gasteiger partial charge >= 0.3 is 5.97 Å². The summed E-state index contributed by atoms with van der Waals surface area (Å²) in [6, 6.07) is 13.8. The lowest BCUT2D eigenvalue weighted by Crippen LogP contribution is -2.27. The number of carbonyl (C=O) groups is 1. The average Bonchev–Trinajstić information content (AvgIpc) is 3.17. The topological polar surface area (TPSA) is 26.3 Å². The minimum Gasteiger partial charge on any atom is -0.459 e. The molecule has 2 bridgehead atoms. The third kappa shape index (κ3) is 2.23. The van der Waals surface area contributed by atoms with E-state index in [2.05, 4.69) is 12.2 Å². The monoisotopic (exact) mass is 292 g/mol. The number of fused-ring (bicyclic) bond motifs is 3. The van der Waals surface area contributed by atoms with Crippen molar-refractivity contribution in [2.24, 2.45) is 17.8 Å². The molecule has 0 saturated heterocycles. The SMILES string of the molecule is CC(OC(=O)c1cccc2ccccc12)C1CC2C=CC1C2. The zero-order chi connectivity index (χ0) is 15.1. The van der Waals surface area contributed by atoms with Gasteiger partial charge in [-0.1, -0.05) is 48.6 Å². The Kier molecular flexibility index (Phi) is 3.25. The van der Waals surface area contributed by atoms with Crippen molar-refractivity contribution >= 4 is 16.7 Å². The molecular formula is C20H20O2. The molecule has 2 aliphatic rings. The van der Waals surface area contributed by atoms with E-state index in [1.54, 1.807) is 0 Å². The second-order valence-electron chi connectivity index (χ2n) is 6.58. The number of ether oxygens (including phenoxy) is 1. The third-order valence-electron chi connectivity index (χ3n) is 5.24. The fourth-order valence-electron chi connectivity index (χ4n) is 4.09. The van der Waals surface area contributed by atoms with E-state index in [1.165, 1.54) is 6.42 Å². The Labute approximate surface area is 130 Å². The highest BCUT2D eigenvalue weighted by Gasteiger charge is 2.39. The molecule has 0 N–H and O–H groups in total. The van der Waals surface area contributed by atoms with Crippen LogP contribution in [-0.2, 0) is 4.74 Å². The Morgan fingerprint density at radius 2 is 1.91 bits per heavy atom.